The minimum Gasteiger partial charge on any atom is -0.288 e. The topological polar surface area (TPSA) is 83.0 Å². The first-order valence-corrected chi connectivity index (χ1v) is 6.00. The van der Waals surface area contributed by atoms with Gasteiger partial charge in [-0.2, -0.15) is 5.10 Å². The molecule has 0 aliphatic heterocycles. The van der Waals surface area contributed by atoms with Crippen LogP contribution in [0.25, 0.3) is 0 Å². The SMILES string of the molecule is Cc1nnc(N/N=C/c2c(Cl)cccc2Cl)[nH]c1=O. The summed E-state index contributed by atoms with van der Waals surface area (Å²) < 4.78 is 0. The highest BCUT2D eigenvalue weighted by atomic mass is 35.5. The molecule has 8 heteroatoms. The average molecular weight is 298 g/mol. The van der Waals surface area contributed by atoms with Crippen molar-refractivity contribution in [2.75, 3.05) is 5.43 Å². The maximum absolute atomic E-state index is 11.3. The summed E-state index contributed by atoms with van der Waals surface area (Å²) in [5.41, 5.74) is 3.06. The molecule has 0 saturated carbocycles. The van der Waals surface area contributed by atoms with E-state index in [1.807, 2.05) is 0 Å². The van der Waals surface area contributed by atoms with Gasteiger partial charge in [0.1, 0.15) is 5.69 Å². The Bertz CT molecular complexity index is 663. The standard InChI is InChI=1S/C11H9Cl2N5O/c1-6-10(19)15-11(18-16-6)17-14-5-7-8(12)3-2-4-9(7)13/h2-5H,1H3,(H2,15,17,18,19)/b14-5+. The van der Waals surface area contributed by atoms with Crippen LogP contribution in [0.5, 0.6) is 0 Å². The fraction of sp³-hybridized carbons (Fsp3) is 0.0909. The highest BCUT2D eigenvalue weighted by Crippen LogP contribution is 2.22. The molecular weight excluding hydrogens is 289 g/mol. The number of nitrogens with one attached hydrogen (secondary N) is 2. The first kappa shape index (κ1) is 13.5. The Morgan fingerprint density at radius 1 is 1.32 bits per heavy atom. The molecule has 0 aliphatic rings. The van der Waals surface area contributed by atoms with Gasteiger partial charge in [0.15, 0.2) is 0 Å². The van der Waals surface area contributed by atoms with Crippen molar-refractivity contribution in [2.24, 2.45) is 5.10 Å². The van der Waals surface area contributed by atoms with Crippen LogP contribution in [0.2, 0.25) is 10.0 Å². The van der Waals surface area contributed by atoms with Gasteiger partial charge in [-0.25, -0.2) is 5.43 Å². The van der Waals surface area contributed by atoms with Crippen molar-refractivity contribution in [1.29, 1.82) is 0 Å². The van der Waals surface area contributed by atoms with Crippen LogP contribution in [0.15, 0.2) is 28.1 Å². The molecule has 0 unspecified atom stereocenters. The maximum atomic E-state index is 11.3. The summed E-state index contributed by atoms with van der Waals surface area (Å²) in [5, 5.41) is 12.2. The van der Waals surface area contributed by atoms with Crippen molar-refractivity contribution >= 4 is 35.4 Å². The third kappa shape index (κ3) is 3.30. The van der Waals surface area contributed by atoms with Crippen LogP contribution in [-0.4, -0.2) is 21.4 Å². The molecule has 1 aromatic heterocycles. The molecule has 0 fully saturated rings. The van der Waals surface area contributed by atoms with Gasteiger partial charge >= 0.3 is 0 Å². The molecule has 0 saturated heterocycles. The lowest BCUT2D eigenvalue weighted by atomic mass is 10.2. The Hall–Kier alpha value is -1.92. The number of aromatic nitrogens is 3. The molecule has 0 spiro atoms. The van der Waals surface area contributed by atoms with Crippen LogP contribution in [0.1, 0.15) is 11.3 Å². The van der Waals surface area contributed by atoms with Gasteiger partial charge in [-0.1, -0.05) is 29.3 Å². The number of rotatable bonds is 3. The molecule has 0 aliphatic carbocycles. The Balaban J connectivity index is 2.16. The fourth-order valence-electron chi connectivity index (χ4n) is 1.24. The molecule has 2 N–H and O–H groups in total. The van der Waals surface area contributed by atoms with Crippen LogP contribution < -0.4 is 11.0 Å². The summed E-state index contributed by atoms with van der Waals surface area (Å²) in [6.45, 7) is 1.56. The van der Waals surface area contributed by atoms with Crippen molar-refractivity contribution in [2.45, 2.75) is 6.92 Å². The molecule has 1 heterocycles. The predicted molar refractivity (Wildman–Crippen MR) is 75.1 cm³/mol. The van der Waals surface area contributed by atoms with Crippen LogP contribution in [-0.2, 0) is 0 Å². The second kappa shape index (κ2) is 5.81. The molecule has 2 rings (SSSR count). The lowest BCUT2D eigenvalue weighted by Gasteiger charge is -2.01. The lowest BCUT2D eigenvalue weighted by molar-refractivity contribution is 0.897. The van der Waals surface area contributed by atoms with Gasteiger partial charge in [-0.15, -0.1) is 10.2 Å². The van der Waals surface area contributed by atoms with Crippen LogP contribution in [0.4, 0.5) is 5.95 Å². The first-order chi connectivity index (χ1) is 9.08. The number of anilines is 1. The highest BCUT2D eigenvalue weighted by molar-refractivity contribution is 6.38. The summed E-state index contributed by atoms with van der Waals surface area (Å²) in [7, 11) is 0. The summed E-state index contributed by atoms with van der Waals surface area (Å²) in [4.78, 5) is 13.8. The number of aromatic amines is 1. The normalized spacial score (nSPS) is 10.9. The van der Waals surface area contributed by atoms with E-state index in [1.165, 1.54) is 6.21 Å². The van der Waals surface area contributed by atoms with Gasteiger partial charge in [0.05, 0.1) is 16.3 Å². The molecule has 0 bridgehead atoms. The Labute approximate surface area is 118 Å². The molecule has 0 amide bonds. The van der Waals surface area contributed by atoms with Gasteiger partial charge in [0, 0.05) is 5.56 Å². The Kier molecular flexibility index (Phi) is 4.13. The monoisotopic (exact) mass is 297 g/mol. The van der Waals surface area contributed by atoms with E-state index in [4.69, 9.17) is 23.2 Å². The molecule has 6 nitrogen and oxygen atoms in total. The number of hydrazone groups is 1. The summed E-state index contributed by atoms with van der Waals surface area (Å²) in [6, 6.07) is 5.13. The van der Waals surface area contributed by atoms with E-state index in [-0.39, 0.29) is 17.2 Å². The van der Waals surface area contributed by atoms with E-state index in [9.17, 15) is 4.79 Å². The summed E-state index contributed by atoms with van der Waals surface area (Å²) in [6.07, 6.45) is 1.44. The van der Waals surface area contributed by atoms with E-state index >= 15 is 0 Å². The van der Waals surface area contributed by atoms with Crippen molar-refractivity contribution < 1.29 is 0 Å². The molecule has 98 valence electrons. The van der Waals surface area contributed by atoms with E-state index in [2.05, 4.69) is 25.7 Å². The van der Waals surface area contributed by atoms with Crippen LogP contribution in [0.3, 0.4) is 0 Å². The van der Waals surface area contributed by atoms with Crippen molar-refractivity contribution in [3.05, 3.63) is 49.9 Å². The average Bonchev–Trinajstić information content (AvgIpc) is 2.37. The number of H-pyrrole nitrogens is 1. The van der Waals surface area contributed by atoms with Crippen molar-refractivity contribution in [3.63, 3.8) is 0 Å². The highest BCUT2D eigenvalue weighted by Gasteiger charge is 2.02. The van der Waals surface area contributed by atoms with E-state index in [1.54, 1.807) is 25.1 Å². The Morgan fingerprint density at radius 3 is 2.63 bits per heavy atom. The zero-order valence-electron chi connectivity index (χ0n) is 9.82. The molecule has 19 heavy (non-hydrogen) atoms. The number of hydrogen-bond acceptors (Lipinski definition) is 5. The quantitative estimate of drug-likeness (QED) is 0.672. The van der Waals surface area contributed by atoms with Gasteiger partial charge in [-0.3, -0.25) is 9.78 Å². The van der Waals surface area contributed by atoms with Gasteiger partial charge in [-0.05, 0) is 19.1 Å². The Morgan fingerprint density at radius 2 is 2.00 bits per heavy atom. The molecule has 2 aromatic rings. The zero-order valence-corrected chi connectivity index (χ0v) is 11.3. The van der Waals surface area contributed by atoms with Gasteiger partial charge < -0.3 is 0 Å². The second-order valence-corrected chi connectivity index (χ2v) is 4.41. The van der Waals surface area contributed by atoms with Crippen LogP contribution >= 0.6 is 23.2 Å². The zero-order chi connectivity index (χ0) is 13.8. The number of nitrogens with zero attached hydrogens (tertiary/aromatic N) is 3. The van der Waals surface area contributed by atoms with Crippen molar-refractivity contribution in [1.82, 2.24) is 15.2 Å². The fourth-order valence-corrected chi connectivity index (χ4v) is 1.73. The van der Waals surface area contributed by atoms with Crippen LogP contribution in [0, 0.1) is 6.92 Å². The first-order valence-electron chi connectivity index (χ1n) is 5.24. The number of hydrogen-bond donors (Lipinski definition) is 2. The second-order valence-electron chi connectivity index (χ2n) is 3.59. The molecule has 0 atom stereocenters. The predicted octanol–water partition coefficient (Wildman–Crippen LogP) is 2.23. The van der Waals surface area contributed by atoms with E-state index in [0.717, 1.165) is 0 Å². The molecular formula is C11H9Cl2N5O. The number of halogens is 2. The summed E-state index contributed by atoms with van der Waals surface area (Å²) >= 11 is 11.9. The molecule has 0 radical (unpaired) electrons. The number of benzene rings is 1. The minimum atomic E-state index is -0.330. The third-order valence-electron chi connectivity index (χ3n) is 2.22. The minimum absolute atomic E-state index is 0.134. The third-order valence-corrected chi connectivity index (χ3v) is 2.88. The van der Waals surface area contributed by atoms with Gasteiger partial charge in [0.25, 0.3) is 5.56 Å². The van der Waals surface area contributed by atoms with E-state index < -0.39 is 0 Å². The van der Waals surface area contributed by atoms with E-state index in [0.29, 0.717) is 15.6 Å². The lowest BCUT2D eigenvalue weighted by Crippen LogP contribution is -2.15. The molecule has 1 aromatic carbocycles. The smallest absolute Gasteiger partial charge is 0.274 e. The van der Waals surface area contributed by atoms with Gasteiger partial charge in [0.2, 0.25) is 5.95 Å². The maximum Gasteiger partial charge on any atom is 0.274 e. The van der Waals surface area contributed by atoms with Crippen molar-refractivity contribution in [3.8, 4) is 0 Å². The largest absolute Gasteiger partial charge is 0.288 e. The summed E-state index contributed by atoms with van der Waals surface area (Å²) in [5.74, 6) is 0.134. The number of aryl methyl sites for hydroxylation is 1.